The SMILES string of the molecule is Cc1ccc(C(=O)N2C[C@@H](O)C[C@H]2C(=O)O)cc1Br. The number of aliphatic hydroxyl groups is 1. The fourth-order valence-electron chi connectivity index (χ4n) is 2.16. The summed E-state index contributed by atoms with van der Waals surface area (Å²) in [6.07, 6.45) is -0.701. The number of aliphatic carboxylic acids is 1. The Kier molecular flexibility index (Phi) is 3.91. The van der Waals surface area contributed by atoms with Gasteiger partial charge in [0.05, 0.1) is 6.10 Å². The van der Waals surface area contributed by atoms with E-state index in [0.29, 0.717) is 5.56 Å². The average molecular weight is 328 g/mol. The first kappa shape index (κ1) is 14.0. The van der Waals surface area contributed by atoms with Crippen LogP contribution in [0.15, 0.2) is 22.7 Å². The van der Waals surface area contributed by atoms with Gasteiger partial charge in [0.15, 0.2) is 0 Å². The predicted octanol–water partition coefficient (Wildman–Crippen LogP) is 1.42. The van der Waals surface area contributed by atoms with E-state index in [2.05, 4.69) is 15.9 Å². The molecule has 1 fully saturated rings. The van der Waals surface area contributed by atoms with Crippen molar-refractivity contribution in [2.24, 2.45) is 0 Å². The van der Waals surface area contributed by atoms with E-state index in [1.807, 2.05) is 6.92 Å². The summed E-state index contributed by atoms with van der Waals surface area (Å²) >= 11 is 3.34. The van der Waals surface area contributed by atoms with E-state index in [0.717, 1.165) is 10.0 Å². The first-order valence-corrected chi connectivity index (χ1v) is 6.67. The monoisotopic (exact) mass is 327 g/mol. The highest BCUT2D eigenvalue weighted by Gasteiger charge is 2.39. The van der Waals surface area contributed by atoms with Crippen LogP contribution >= 0.6 is 15.9 Å². The van der Waals surface area contributed by atoms with Gasteiger partial charge in [0.2, 0.25) is 0 Å². The highest BCUT2D eigenvalue weighted by Crippen LogP contribution is 2.23. The molecule has 1 saturated heterocycles. The van der Waals surface area contributed by atoms with Crippen LogP contribution in [0, 0.1) is 6.92 Å². The van der Waals surface area contributed by atoms with Gasteiger partial charge in [0.25, 0.3) is 5.91 Å². The Balaban J connectivity index is 2.27. The molecule has 2 atom stereocenters. The Bertz CT molecular complexity index is 531. The zero-order valence-electron chi connectivity index (χ0n) is 10.3. The van der Waals surface area contributed by atoms with Crippen LogP contribution in [0.3, 0.4) is 0 Å². The molecule has 0 aromatic heterocycles. The number of carbonyl (C=O) groups is 2. The first-order chi connectivity index (χ1) is 8.90. The standard InChI is InChI=1S/C13H14BrNO4/c1-7-2-3-8(4-10(7)14)12(17)15-6-9(16)5-11(15)13(18)19/h2-4,9,11,16H,5-6H2,1H3,(H,18,19)/t9-,11-/m0/s1. The molecule has 1 aromatic rings. The Morgan fingerprint density at radius 2 is 2.11 bits per heavy atom. The molecule has 0 bridgehead atoms. The number of benzene rings is 1. The molecule has 1 heterocycles. The number of nitrogens with zero attached hydrogens (tertiary/aromatic N) is 1. The van der Waals surface area contributed by atoms with Crippen molar-refractivity contribution in [3.8, 4) is 0 Å². The van der Waals surface area contributed by atoms with E-state index in [4.69, 9.17) is 5.11 Å². The molecule has 0 aliphatic carbocycles. The van der Waals surface area contributed by atoms with Crippen molar-refractivity contribution in [1.82, 2.24) is 4.90 Å². The largest absolute Gasteiger partial charge is 0.480 e. The number of aliphatic hydroxyl groups excluding tert-OH is 1. The van der Waals surface area contributed by atoms with Gasteiger partial charge in [-0.05, 0) is 24.6 Å². The number of carboxylic acid groups (broad SMARTS) is 1. The third kappa shape index (κ3) is 2.79. The second kappa shape index (κ2) is 5.30. The second-order valence-electron chi connectivity index (χ2n) is 4.67. The van der Waals surface area contributed by atoms with Crippen molar-refractivity contribution in [3.05, 3.63) is 33.8 Å². The molecular weight excluding hydrogens is 314 g/mol. The predicted molar refractivity (Wildman–Crippen MR) is 72.0 cm³/mol. The summed E-state index contributed by atoms with van der Waals surface area (Å²) in [6.45, 7) is 1.96. The summed E-state index contributed by atoms with van der Waals surface area (Å²) in [6, 6.07) is 4.16. The molecule has 2 N–H and O–H groups in total. The minimum atomic E-state index is -1.09. The maximum absolute atomic E-state index is 12.3. The third-order valence-electron chi connectivity index (χ3n) is 3.24. The molecule has 1 aliphatic heterocycles. The number of carboxylic acids is 1. The number of carbonyl (C=O) groups excluding carboxylic acids is 1. The molecule has 1 aliphatic rings. The quantitative estimate of drug-likeness (QED) is 0.861. The molecular formula is C13H14BrNO4. The van der Waals surface area contributed by atoms with E-state index in [-0.39, 0.29) is 18.9 Å². The fourth-order valence-corrected chi connectivity index (χ4v) is 2.54. The molecule has 1 aromatic carbocycles. The summed E-state index contributed by atoms with van der Waals surface area (Å²) in [4.78, 5) is 24.6. The minimum absolute atomic E-state index is 0.0568. The smallest absolute Gasteiger partial charge is 0.326 e. The van der Waals surface area contributed by atoms with Crippen LogP contribution in [0.25, 0.3) is 0 Å². The van der Waals surface area contributed by atoms with Gasteiger partial charge in [-0.1, -0.05) is 22.0 Å². The Morgan fingerprint density at radius 1 is 1.42 bits per heavy atom. The van der Waals surface area contributed by atoms with Gasteiger partial charge in [-0.15, -0.1) is 0 Å². The van der Waals surface area contributed by atoms with Crippen molar-refractivity contribution in [2.45, 2.75) is 25.5 Å². The van der Waals surface area contributed by atoms with E-state index >= 15 is 0 Å². The van der Waals surface area contributed by atoms with Gasteiger partial charge in [0, 0.05) is 23.0 Å². The van der Waals surface area contributed by atoms with Crippen molar-refractivity contribution in [1.29, 1.82) is 0 Å². The van der Waals surface area contributed by atoms with Gasteiger partial charge in [-0.3, -0.25) is 4.79 Å². The zero-order valence-corrected chi connectivity index (χ0v) is 11.9. The van der Waals surface area contributed by atoms with E-state index < -0.39 is 18.1 Å². The highest BCUT2D eigenvalue weighted by atomic mass is 79.9. The molecule has 102 valence electrons. The number of amides is 1. The fraction of sp³-hybridized carbons (Fsp3) is 0.385. The summed E-state index contributed by atoms with van der Waals surface area (Å²) in [5.41, 5.74) is 1.41. The molecule has 5 nitrogen and oxygen atoms in total. The lowest BCUT2D eigenvalue weighted by Crippen LogP contribution is -2.40. The summed E-state index contributed by atoms with van der Waals surface area (Å²) in [5, 5.41) is 18.6. The normalized spacial score (nSPS) is 22.6. The van der Waals surface area contributed by atoms with Gasteiger partial charge in [0.1, 0.15) is 6.04 Å². The molecule has 0 unspecified atom stereocenters. The molecule has 0 spiro atoms. The lowest BCUT2D eigenvalue weighted by molar-refractivity contribution is -0.141. The molecule has 1 amide bonds. The summed E-state index contributed by atoms with van der Waals surface area (Å²) in [5.74, 6) is -1.46. The Hall–Kier alpha value is -1.40. The third-order valence-corrected chi connectivity index (χ3v) is 4.10. The van der Waals surface area contributed by atoms with Crippen LogP contribution in [-0.2, 0) is 4.79 Å². The van der Waals surface area contributed by atoms with Gasteiger partial charge in [-0.25, -0.2) is 4.79 Å². The molecule has 19 heavy (non-hydrogen) atoms. The highest BCUT2D eigenvalue weighted by molar-refractivity contribution is 9.10. The van der Waals surface area contributed by atoms with Crippen molar-refractivity contribution in [3.63, 3.8) is 0 Å². The molecule has 2 rings (SSSR count). The number of likely N-dealkylation sites (tertiary alicyclic amines) is 1. The van der Waals surface area contributed by atoms with Crippen molar-refractivity contribution >= 4 is 27.8 Å². The molecule has 0 radical (unpaired) electrons. The Labute approximate surface area is 119 Å². The number of hydrogen-bond donors (Lipinski definition) is 2. The molecule has 6 heteroatoms. The van der Waals surface area contributed by atoms with Crippen LogP contribution in [0.4, 0.5) is 0 Å². The lowest BCUT2D eigenvalue weighted by Gasteiger charge is -2.21. The van der Waals surface area contributed by atoms with Gasteiger partial charge in [-0.2, -0.15) is 0 Å². The van der Waals surface area contributed by atoms with E-state index in [1.165, 1.54) is 4.90 Å². The topological polar surface area (TPSA) is 77.8 Å². The zero-order chi connectivity index (χ0) is 14.2. The van der Waals surface area contributed by atoms with E-state index in [9.17, 15) is 14.7 Å². The second-order valence-corrected chi connectivity index (χ2v) is 5.52. The maximum atomic E-state index is 12.3. The number of halogens is 1. The van der Waals surface area contributed by atoms with Crippen LogP contribution < -0.4 is 0 Å². The number of aryl methyl sites for hydroxylation is 1. The van der Waals surface area contributed by atoms with Gasteiger partial charge >= 0.3 is 5.97 Å². The van der Waals surface area contributed by atoms with Crippen LogP contribution in [-0.4, -0.2) is 45.7 Å². The number of β-amino-alcohol motifs (C(OH)–C–C–N with tert-alkyl or cyclic N) is 1. The lowest BCUT2D eigenvalue weighted by atomic mass is 10.1. The number of rotatable bonds is 2. The summed E-state index contributed by atoms with van der Waals surface area (Å²) in [7, 11) is 0. The Morgan fingerprint density at radius 3 is 2.68 bits per heavy atom. The summed E-state index contributed by atoms with van der Waals surface area (Å²) < 4.78 is 0.796. The number of hydrogen-bond acceptors (Lipinski definition) is 3. The van der Waals surface area contributed by atoms with Crippen LogP contribution in [0.1, 0.15) is 22.3 Å². The average Bonchev–Trinajstić information content (AvgIpc) is 2.74. The first-order valence-electron chi connectivity index (χ1n) is 5.88. The van der Waals surface area contributed by atoms with Gasteiger partial charge < -0.3 is 15.1 Å². The van der Waals surface area contributed by atoms with Crippen LogP contribution in [0.5, 0.6) is 0 Å². The minimum Gasteiger partial charge on any atom is -0.480 e. The van der Waals surface area contributed by atoms with Crippen molar-refractivity contribution < 1.29 is 19.8 Å². The molecule has 0 saturated carbocycles. The van der Waals surface area contributed by atoms with Crippen molar-refractivity contribution in [2.75, 3.05) is 6.54 Å². The van der Waals surface area contributed by atoms with Crippen LogP contribution in [0.2, 0.25) is 0 Å². The maximum Gasteiger partial charge on any atom is 0.326 e. The van der Waals surface area contributed by atoms with E-state index in [1.54, 1.807) is 18.2 Å².